The van der Waals surface area contributed by atoms with Gasteiger partial charge >= 0.3 is 0 Å². The fraction of sp³-hybridized carbons (Fsp3) is 0.474. The summed E-state index contributed by atoms with van der Waals surface area (Å²) >= 11 is 0. The maximum absolute atomic E-state index is 12.8. The van der Waals surface area contributed by atoms with E-state index in [4.69, 9.17) is 0 Å². The van der Waals surface area contributed by atoms with Crippen LogP contribution in [0.25, 0.3) is 10.9 Å². The first-order valence-electron chi connectivity index (χ1n) is 8.53. The zero-order valence-corrected chi connectivity index (χ0v) is 13.6. The number of amides is 1. The summed E-state index contributed by atoms with van der Waals surface area (Å²) in [5, 5.41) is 4.59. The molecule has 2 fully saturated rings. The van der Waals surface area contributed by atoms with Gasteiger partial charge in [0.2, 0.25) is 0 Å². The molecule has 1 amide bonds. The van der Waals surface area contributed by atoms with Gasteiger partial charge in [0, 0.05) is 25.0 Å². The summed E-state index contributed by atoms with van der Waals surface area (Å²) in [6.45, 7) is 6.00. The molecule has 0 atom stereocenters. The highest BCUT2D eigenvalue weighted by Crippen LogP contribution is 2.37. The maximum atomic E-state index is 12.8. The Bertz CT molecular complexity index is 739. The molecule has 0 unspecified atom stereocenters. The van der Waals surface area contributed by atoms with E-state index in [0.29, 0.717) is 11.1 Å². The van der Waals surface area contributed by atoms with E-state index >= 15 is 0 Å². The van der Waals surface area contributed by atoms with Crippen LogP contribution in [0.5, 0.6) is 0 Å². The molecule has 2 aliphatic heterocycles. The Balaban J connectivity index is 1.55. The third-order valence-electron chi connectivity index (χ3n) is 5.59. The van der Waals surface area contributed by atoms with Crippen molar-refractivity contribution in [3.8, 4) is 0 Å². The van der Waals surface area contributed by atoms with Gasteiger partial charge in [0.05, 0.1) is 5.52 Å². The Morgan fingerprint density at radius 3 is 2.74 bits per heavy atom. The molecule has 3 heterocycles. The number of piperidine rings is 1. The molecular formula is C19H23N3O. The fourth-order valence-corrected chi connectivity index (χ4v) is 4.03. The molecular weight excluding hydrogens is 286 g/mol. The van der Waals surface area contributed by atoms with Gasteiger partial charge in [0.25, 0.3) is 5.91 Å². The molecule has 0 aliphatic carbocycles. The van der Waals surface area contributed by atoms with Gasteiger partial charge in [-0.15, -0.1) is 0 Å². The number of aryl methyl sites for hydroxylation is 1. The predicted octanol–water partition coefficient (Wildman–Crippen LogP) is 2.76. The molecule has 2 saturated heterocycles. The zero-order chi connectivity index (χ0) is 15.9. The minimum absolute atomic E-state index is 0.0830. The molecule has 2 aliphatic rings. The third-order valence-corrected chi connectivity index (χ3v) is 5.59. The average Bonchev–Trinajstić information content (AvgIpc) is 3.03. The summed E-state index contributed by atoms with van der Waals surface area (Å²) in [7, 11) is 0. The first-order chi connectivity index (χ1) is 11.2. The second kappa shape index (κ2) is 5.60. The van der Waals surface area contributed by atoms with Crippen molar-refractivity contribution in [1.82, 2.24) is 15.2 Å². The van der Waals surface area contributed by atoms with Crippen molar-refractivity contribution < 1.29 is 4.79 Å². The molecule has 4 rings (SSSR count). The monoisotopic (exact) mass is 309 g/mol. The maximum Gasteiger partial charge on any atom is 0.272 e. The number of hydrogen-bond acceptors (Lipinski definition) is 3. The van der Waals surface area contributed by atoms with E-state index in [1.807, 2.05) is 29.2 Å². The number of rotatable bonds is 1. The molecule has 4 nitrogen and oxygen atoms in total. The molecule has 23 heavy (non-hydrogen) atoms. The van der Waals surface area contributed by atoms with Crippen LogP contribution < -0.4 is 5.32 Å². The average molecular weight is 309 g/mol. The number of nitrogens with one attached hydrogen (secondary N) is 1. The van der Waals surface area contributed by atoms with E-state index in [2.05, 4.69) is 23.3 Å². The second-order valence-corrected chi connectivity index (χ2v) is 7.06. The first-order valence-corrected chi connectivity index (χ1v) is 8.53. The second-order valence-electron chi connectivity index (χ2n) is 7.06. The number of likely N-dealkylation sites (tertiary alicyclic amines) is 1. The fourth-order valence-electron chi connectivity index (χ4n) is 4.03. The van der Waals surface area contributed by atoms with Gasteiger partial charge in [-0.05, 0) is 55.8 Å². The smallest absolute Gasteiger partial charge is 0.272 e. The number of pyridine rings is 1. The number of benzene rings is 1. The highest BCUT2D eigenvalue weighted by atomic mass is 16.2. The van der Waals surface area contributed by atoms with Gasteiger partial charge in [-0.25, -0.2) is 4.98 Å². The number of aromatic nitrogens is 1. The van der Waals surface area contributed by atoms with Crippen molar-refractivity contribution in [3.05, 3.63) is 41.6 Å². The lowest BCUT2D eigenvalue weighted by Gasteiger charge is -2.38. The van der Waals surface area contributed by atoms with Crippen LogP contribution in [0.15, 0.2) is 30.3 Å². The van der Waals surface area contributed by atoms with Gasteiger partial charge in [-0.3, -0.25) is 4.79 Å². The van der Waals surface area contributed by atoms with Crippen LogP contribution in [0.4, 0.5) is 0 Å². The summed E-state index contributed by atoms with van der Waals surface area (Å²) in [5.74, 6) is 0.0830. The molecule has 1 spiro atoms. The number of nitrogens with zero attached hydrogens (tertiary/aromatic N) is 2. The Kier molecular flexibility index (Phi) is 3.57. The summed E-state index contributed by atoms with van der Waals surface area (Å²) in [6.07, 6.45) is 3.47. The van der Waals surface area contributed by atoms with Crippen LogP contribution in [0, 0.1) is 12.3 Å². The largest absolute Gasteiger partial charge is 0.337 e. The number of fused-ring (bicyclic) bond motifs is 1. The van der Waals surface area contributed by atoms with E-state index < -0.39 is 0 Å². The van der Waals surface area contributed by atoms with Crippen LogP contribution >= 0.6 is 0 Å². The van der Waals surface area contributed by atoms with Crippen molar-refractivity contribution in [1.29, 1.82) is 0 Å². The van der Waals surface area contributed by atoms with Crippen molar-refractivity contribution in [2.24, 2.45) is 5.41 Å². The number of carbonyl (C=O) groups is 1. The molecule has 1 N–H and O–H groups in total. The molecule has 1 aromatic carbocycles. The topological polar surface area (TPSA) is 45.2 Å². The van der Waals surface area contributed by atoms with Gasteiger partial charge in [-0.2, -0.15) is 0 Å². The van der Waals surface area contributed by atoms with Crippen LogP contribution in [-0.4, -0.2) is 42.0 Å². The van der Waals surface area contributed by atoms with Gasteiger partial charge in [0.15, 0.2) is 0 Å². The molecule has 0 radical (unpaired) electrons. The summed E-state index contributed by atoms with van der Waals surface area (Å²) in [5.41, 5.74) is 3.04. The predicted molar refractivity (Wildman–Crippen MR) is 91.5 cm³/mol. The van der Waals surface area contributed by atoms with E-state index in [0.717, 1.165) is 55.5 Å². The number of para-hydroxylation sites is 1. The van der Waals surface area contributed by atoms with E-state index in [1.165, 1.54) is 6.42 Å². The minimum Gasteiger partial charge on any atom is -0.337 e. The number of hydrogen-bond donors (Lipinski definition) is 1. The standard InChI is InChI=1S/C19H23N3O/c1-14-12-17(21-16-5-3-2-4-15(14)16)18(23)22-10-7-19(8-11-22)6-9-20-13-19/h2-5,12,20H,6-11,13H2,1H3. The summed E-state index contributed by atoms with van der Waals surface area (Å²) < 4.78 is 0. The summed E-state index contributed by atoms with van der Waals surface area (Å²) in [4.78, 5) is 19.4. The van der Waals surface area contributed by atoms with E-state index in [1.54, 1.807) is 0 Å². The van der Waals surface area contributed by atoms with Crippen molar-refractivity contribution in [2.45, 2.75) is 26.2 Å². The van der Waals surface area contributed by atoms with Crippen LogP contribution in [0.2, 0.25) is 0 Å². The van der Waals surface area contributed by atoms with Crippen molar-refractivity contribution in [3.63, 3.8) is 0 Å². The molecule has 0 saturated carbocycles. The molecule has 120 valence electrons. The van der Waals surface area contributed by atoms with Crippen LogP contribution in [-0.2, 0) is 0 Å². The van der Waals surface area contributed by atoms with Gasteiger partial charge < -0.3 is 10.2 Å². The summed E-state index contributed by atoms with van der Waals surface area (Å²) in [6, 6.07) is 9.96. The Hall–Kier alpha value is -1.94. The molecule has 4 heteroatoms. The highest BCUT2D eigenvalue weighted by Gasteiger charge is 2.38. The van der Waals surface area contributed by atoms with Crippen LogP contribution in [0.1, 0.15) is 35.3 Å². The Labute approximate surface area is 136 Å². The lowest BCUT2D eigenvalue weighted by molar-refractivity contribution is 0.0602. The van der Waals surface area contributed by atoms with Gasteiger partial charge in [-0.1, -0.05) is 18.2 Å². The van der Waals surface area contributed by atoms with Gasteiger partial charge in [0.1, 0.15) is 5.69 Å². The Morgan fingerprint density at radius 2 is 2.00 bits per heavy atom. The molecule has 2 aromatic rings. The van der Waals surface area contributed by atoms with Crippen molar-refractivity contribution >= 4 is 16.8 Å². The first kappa shape index (κ1) is 14.6. The number of carbonyl (C=O) groups excluding carboxylic acids is 1. The Morgan fingerprint density at radius 1 is 1.22 bits per heavy atom. The quantitative estimate of drug-likeness (QED) is 0.881. The highest BCUT2D eigenvalue weighted by molar-refractivity contribution is 5.96. The molecule has 0 bridgehead atoms. The van der Waals surface area contributed by atoms with Crippen molar-refractivity contribution in [2.75, 3.05) is 26.2 Å². The molecule has 1 aromatic heterocycles. The normalized spacial score (nSPS) is 20.3. The SMILES string of the molecule is Cc1cc(C(=O)N2CCC3(CCNC3)CC2)nc2ccccc12. The van der Waals surface area contributed by atoms with Crippen LogP contribution in [0.3, 0.4) is 0 Å². The third kappa shape index (κ3) is 2.61. The minimum atomic E-state index is 0.0830. The lowest BCUT2D eigenvalue weighted by atomic mass is 9.78. The lowest BCUT2D eigenvalue weighted by Crippen LogP contribution is -2.44. The van der Waals surface area contributed by atoms with E-state index in [9.17, 15) is 4.79 Å². The zero-order valence-electron chi connectivity index (χ0n) is 13.6. The van der Waals surface area contributed by atoms with E-state index in [-0.39, 0.29) is 5.91 Å².